The van der Waals surface area contributed by atoms with Crippen molar-refractivity contribution in [1.82, 2.24) is 10.2 Å². The number of thioether (sulfide) groups is 1. The van der Waals surface area contributed by atoms with Gasteiger partial charge < -0.3 is 9.52 Å². The highest BCUT2D eigenvalue weighted by atomic mass is 35.5. The fraction of sp³-hybridized carbons (Fsp3) is 0.429. The predicted octanol–water partition coefficient (Wildman–Crippen LogP) is 3.89. The molecule has 0 aliphatic rings. The number of aliphatic hydroxyl groups is 1. The fourth-order valence-electron chi connectivity index (χ4n) is 1.38. The van der Waals surface area contributed by atoms with Gasteiger partial charge in [-0.05, 0) is 29.7 Å². The third-order valence-electron chi connectivity index (χ3n) is 2.86. The second kappa shape index (κ2) is 6.16. The predicted molar refractivity (Wildman–Crippen MR) is 80.9 cm³/mol. The van der Waals surface area contributed by atoms with Crippen molar-refractivity contribution in [1.29, 1.82) is 0 Å². The van der Waals surface area contributed by atoms with Crippen LogP contribution in [0.5, 0.6) is 0 Å². The van der Waals surface area contributed by atoms with Gasteiger partial charge >= 0.3 is 0 Å². The lowest BCUT2D eigenvalue weighted by molar-refractivity contribution is 0.0841. The molecule has 0 bridgehead atoms. The molecule has 0 saturated carbocycles. The van der Waals surface area contributed by atoms with Gasteiger partial charge in [-0.2, -0.15) is 0 Å². The second-order valence-electron chi connectivity index (χ2n) is 5.57. The third kappa shape index (κ3) is 3.98. The Labute approximate surface area is 127 Å². The molecule has 0 aliphatic carbocycles. The van der Waals surface area contributed by atoms with Crippen LogP contribution in [0.2, 0.25) is 5.02 Å². The number of aliphatic hydroxyl groups excluding tert-OH is 1. The number of halogens is 1. The van der Waals surface area contributed by atoms with Crippen LogP contribution >= 0.6 is 23.4 Å². The number of benzene rings is 1. The molecule has 1 atom stereocenters. The molecule has 0 spiro atoms. The fourth-order valence-corrected chi connectivity index (χ4v) is 2.54. The van der Waals surface area contributed by atoms with E-state index in [-0.39, 0.29) is 5.41 Å². The summed E-state index contributed by atoms with van der Waals surface area (Å²) in [6, 6.07) is 7.21. The first-order chi connectivity index (χ1) is 9.36. The van der Waals surface area contributed by atoms with E-state index in [4.69, 9.17) is 16.0 Å². The van der Waals surface area contributed by atoms with Crippen LogP contribution in [0.1, 0.15) is 20.8 Å². The average Bonchev–Trinajstić information content (AvgIpc) is 2.84. The first kappa shape index (κ1) is 15.4. The van der Waals surface area contributed by atoms with Crippen LogP contribution in [0.15, 0.2) is 33.9 Å². The maximum atomic E-state index is 9.98. The van der Waals surface area contributed by atoms with Crippen LogP contribution in [-0.2, 0) is 0 Å². The van der Waals surface area contributed by atoms with Crippen molar-refractivity contribution < 1.29 is 9.52 Å². The van der Waals surface area contributed by atoms with Gasteiger partial charge in [0, 0.05) is 16.3 Å². The largest absolute Gasteiger partial charge is 0.411 e. The molecule has 4 nitrogen and oxygen atoms in total. The molecule has 0 fully saturated rings. The zero-order valence-corrected chi connectivity index (χ0v) is 13.2. The lowest BCUT2D eigenvalue weighted by Crippen LogP contribution is -2.28. The Balaban J connectivity index is 2.01. The molecule has 0 saturated heterocycles. The molecule has 2 rings (SSSR count). The molecule has 1 aromatic carbocycles. The first-order valence-electron chi connectivity index (χ1n) is 6.26. The average molecular weight is 313 g/mol. The van der Waals surface area contributed by atoms with E-state index >= 15 is 0 Å². The summed E-state index contributed by atoms with van der Waals surface area (Å²) in [5.41, 5.74) is 0.664. The lowest BCUT2D eigenvalue weighted by Gasteiger charge is -2.24. The Kier molecular flexibility index (Phi) is 4.73. The van der Waals surface area contributed by atoms with E-state index in [0.717, 1.165) is 5.56 Å². The minimum Gasteiger partial charge on any atom is -0.411 e. The van der Waals surface area contributed by atoms with Gasteiger partial charge in [0.25, 0.3) is 5.22 Å². The van der Waals surface area contributed by atoms with Crippen LogP contribution < -0.4 is 0 Å². The molecule has 0 amide bonds. The highest BCUT2D eigenvalue weighted by Gasteiger charge is 2.23. The first-order valence-corrected chi connectivity index (χ1v) is 7.63. The van der Waals surface area contributed by atoms with Crippen molar-refractivity contribution in [3.8, 4) is 11.5 Å². The van der Waals surface area contributed by atoms with Crippen LogP contribution in [0.25, 0.3) is 11.5 Å². The van der Waals surface area contributed by atoms with E-state index in [2.05, 4.69) is 10.2 Å². The van der Waals surface area contributed by atoms with Crippen molar-refractivity contribution in [3.05, 3.63) is 29.3 Å². The Bertz CT molecular complexity index is 563. The Morgan fingerprint density at radius 2 is 1.90 bits per heavy atom. The summed E-state index contributed by atoms with van der Waals surface area (Å²) in [5.74, 6) is 0.973. The van der Waals surface area contributed by atoms with Crippen molar-refractivity contribution in [3.63, 3.8) is 0 Å². The molecule has 1 aromatic heterocycles. The van der Waals surface area contributed by atoms with Crippen LogP contribution in [-0.4, -0.2) is 27.2 Å². The van der Waals surface area contributed by atoms with E-state index in [1.54, 1.807) is 12.1 Å². The number of rotatable bonds is 4. The van der Waals surface area contributed by atoms with Gasteiger partial charge in [0.15, 0.2) is 0 Å². The van der Waals surface area contributed by atoms with Gasteiger partial charge in [-0.15, -0.1) is 10.2 Å². The zero-order chi connectivity index (χ0) is 14.8. The van der Waals surface area contributed by atoms with Gasteiger partial charge in [0.2, 0.25) is 5.89 Å². The number of nitrogens with zero attached hydrogens (tertiary/aromatic N) is 2. The summed E-state index contributed by atoms with van der Waals surface area (Å²) in [6.45, 7) is 5.97. The maximum absolute atomic E-state index is 9.98. The molecule has 1 heterocycles. The quantitative estimate of drug-likeness (QED) is 0.868. The summed E-state index contributed by atoms with van der Waals surface area (Å²) >= 11 is 7.19. The van der Waals surface area contributed by atoms with Crippen molar-refractivity contribution >= 4 is 23.4 Å². The molecule has 20 heavy (non-hydrogen) atoms. The Morgan fingerprint density at radius 1 is 1.25 bits per heavy atom. The van der Waals surface area contributed by atoms with E-state index in [0.29, 0.717) is 21.9 Å². The van der Waals surface area contributed by atoms with E-state index in [9.17, 15) is 5.11 Å². The number of hydrogen-bond donors (Lipinski definition) is 1. The SMILES string of the molecule is CC(C)(C)[C@H](O)CSc1nnc(-c2ccc(Cl)cc2)o1. The zero-order valence-electron chi connectivity index (χ0n) is 11.6. The Morgan fingerprint density at radius 3 is 2.50 bits per heavy atom. The minimum atomic E-state index is -0.432. The highest BCUT2D eigenvalue weighted by Crippen LogP contribution is 2.28. The van der Waals surface area contributed by atoms with E-state index in [1.807, 2.05) is 32.9 Å². The Hall–Kier alpha value is -1.04. The molecular weight excluding hydrogens is 296 g/mol. The van der Waals surface area contributed by atoms with Gasteiger partial charge in [0.1, 0.15) is 0 Å². The van der Waals surface area contributed by atoms with E-state index < -0.39 is 6.10 Å². The molecule has 108 valence electrons. The third-order valence-corrected chi connectivity index (χ3v) is 4.01. The van der Waals surface area contributed by atoms with Gasteiger partial charge in [-0.25, -0.2) is 0 Å². The second-order valence-corrected chi connectivity index (χ2v) is 6.98. The normalized spacial score (nSPS) is 13.4. The maximum Gasteiger partial charge on any atom is 0.276 e. The summed E-state index contributed by atoms with van der Waals surface area (Å²) in [4.78, 5) is 0. The molecule has 1 N–H and O–H groups in total. The lowest BCUT2D eigenvalue weighted by atomic mass is 9.90. The van der Waals surface area contributed by atoms with E-state index in [1.165, 1.54) is 11.8 Å². The minimum absolute atomic E-state index is 0.161. The topological polar surface area (TPSA) is 59.2 Å². The monoisotopic (exact) mass is 312 g/mol. The standard InChI is InChI=1S/C14H17ClN2O2S/c1-14(2,3)11(18)8-20-13-17-16-12(19-13)9-4-6-10(15)7-5-9/h4-7,11,18H,8H2,1-3H3/t11-/m1/s1. The summed E-state index contributed by atoms with van der Waals surface area (Å²) in [5, 5.41) is 19.1. The molecule has 6 heteroatoms. The molecule has 2 aromatic rings. The van der Waals surface area contributed by atoms with Crippen molar-refractivity contribution in [2.24, 2.45) is 5.41 Å². The molecular formula is C14H17ClN2O2S. The molecule has 0 radical (unpaired) electrons. The molecule has 0 unspecified atom stereocenters. The number of hydrogen-bond acceptors (Lipinski definition) is 5. The summed E-state index contributed by atoms with van der Waals surface area (Å²) in [7, 11) is 0. The van der Waals surface area contributed by atoms with Crippen molar-refractivity contribution in [2.45, 2.75) is 32.1 Å². The smallest absolute Gasteiger partial charge is 0.276 e. The van der Waals surface area contributed by atoms with Gasteiger partial charge in [-0.3, -0.25) is 0 Å². The van der Waals surface area contributed by atoms with Gasteiger partial charge in [0.05, 0.1) is 6.10 Å². The number of aromatic nitrogens is 2. The van der Waals surface area contributed by atoms with Gasteiger partial charge in [-0.1, -0.05) is 44.1 Å². The van der Waals surface area contributed by atoms with Crippen LogP contribution in [0.4, 0.5) is 0 Å². The highest BCUT2D eigenvalue weighted by molar-refractivity contribution is 7.99. The van der Waals surface area contributed by atoms with Crippen molar-refractivity contribution in [2.75, 3.05) is 5.75 Å². The summed E-state index contributed by atoms with van der Waals surface area (Å²) in [6.07, 6.45) is -0.432. The van der Waals surface area contributed by atoms with Crippen LogP contribution in [0, 0.1) is 5.41 Å². The molecule has 0 aliphatic heterocycles. The van der Waals surface area contributed by atoms with Crippen LogP contribution in [0.3, 0.4) is 0 Å². The summed E-state index contributed by atoms with van der Waals surface area (Å²) < 4.78 is 5.56.